The van der Waals surface area contributed by atoms with Crippen molar-refractivity contribution in [3.63, 3.8) is 0 Å². The van der Waals surface area contributed by atoms with Gasteiger partial charge in [-0.05, 0) is 30.3 Å². The molecule has 1 aliphatic rings. The number of rotatable bonds is 3. The summed E-state index contributed by atoms with van der Waals surface area (Å²) in [5.74, 6) is -0.117. The third kappa shape index (κ3) is 3.27. The Hall–Kier alpha value is -1.91. The highest BCUT2D eigenvalue weighted by Gasteiger charge is 2.33. The van der Waals surface area contributed by atoms with Crippen LogP contribution in [-0.4, -0.2) is 37.0 Å². The van der Waals surface area contributed by atoms with Crippen LogP contribution in [0.4, 0.5) is 0 Å². The van der Waals surface area contributed by atoms with Crippen LogP contribution in [0.1, 0.15) is 19.3 Å². The van der Waals surface area contributed by atoms with Gasteiger partial charge >= 0.3 is 0 Å². The quantitative estimate of drug-likeness (QED) is 0.417. The summed E-state index contributed by atoms with van der Waals surface area (Å²) in [5.41, 5.74) is 16.9. The zero-order valence-corrected chi connectivity index (χ0v) is 9.89. The predicted octanol–water partition coefficient (Wildman–Crippen LogP) is 2.23. The van der Waals surface area contributed by atoms with E-state index in [9.17, 15) is 4.79 Å². The number of carbonyl (C=O) groups is 1. The monoisotopic (exact) mass is 237 g/mol. The van der Waals surface area contributed by atoms with Crippen LogP contribution in [0.2, 0.25) is 0 Å². The molecule has 1 fully saturated rings. The minimum atomic E-state index is -0.418. The summed E-state index contributed by atoms with van der Waals surface area (Å²) >= 11 is 0. The minimum Gasteiger partial charge on any atom is -0.349 e. The summed E-state index contributed by atoms with van der Waals surface area (Å²) < 4.78 is 0. The Kier molecular flexibility index (Phi) is 4.63. The zero-order valence-electron chi connectivity index (χ0n) is 9.89. The molecule has 1 aliphatic carbocycles. The van der Waals surface area contributed by atoms with Gasteiger partial charge in [-0.25, -0.2) is 0 Å². The standard InChI is InChI=1S/C9H15N7O/c1-16(2)9(17)6-3-4-7(12-14-10)8(5-6)13-15-11/h6-8H,3-5H2,1-2H3/t6-,7-,8+/m0/s1. The van der Waals surface area contributed by atoms with E-state index in [-0.39, 0.29) is 17.9 Å². The van der Waals surface area contributed by atoms with Crippen LogP contribution >= 0.6 is 0 Å². The van der Waals surface area contributed by atoms with Crippen molar-refractivity contribution >= 4 is 5.91 Å². The first-order valence-electron chi connectivity index (χ1n) is 5.39. The molecule has 8 nitrogen and oxygen atoms in total. The molecule has 0 bridgehead atoms. The minimum absolute atomic E-state index is 0.0301. The van der Waals surface area contributed by atoms with Gasteiger partial charge in [-0.15, -0.1) is 0 Å². The van der Waals surface area contributed by atoms with Gasteiger partial charge in [0.2, 0.25) is 5.91 Å². The lowest BCUT2D eigenvalue weighted by atomic mass is 9.82. The summed E-state index contributed by atoms with van der Waals surface area (Å²) in [7, 11) is 3.40. The number of azide groups is 2. The Morgan fingerprint density at radius 3 is 2.29 bits per heavy atom. The molecule has 8 heteroatoms. The van der Waals surface area contributed by atoms with Gasteiger partial charge in [-0.2, -0.15) is 0 Å². The van der Waals surface area contributed by atoms with Crippen molar-refractivity contribution in [1.82, 2.24) is 4.90 Å². The van der Waals surface area contributed by atoms with E-state index in [2.05, 4.69) is 20.1 Å². The second-order valence-corrected chi connectivity index (χ2v) is 4.29. The summed E-state index contributed by atoms with van der Waals surface area (Å²) in [6.45, 7) is 0. The van der Waals surface area contributed by atoms with Crippen molar-refractivity contribution in [1.29, 1.82) is 0 Å². The fourth-order valence-corrected chi connectivity index (χ4v) is 2.11. The number of amides is 1. The van der Waals surface area contributed by atoms with Crippen LogP contribution < -0.4 is 0 Å². The van der Waals surface area contributed by atoms with Crippen molar-refractivity contribution in [3.05, 3.63) is 20.9 Å². The first-order valence-corrected chi connectivity index (χ1v) is 5.39. The lowest BCUT2D eigenvalue weighted by molar-refractivity contribution is -0.134. The largest absolute Gasteiger partial charge is 0.349 e. The van der Waals surface area contributed by atoms with E-state index in [0.717, 1.165) is 0 Å². The molecule has 0 N–H and O–H groups in total. The van der Waals surface area contributed by atoms with E-state index >= 15 is 0 Å². The third-order valence-corrected chi connectivity index (χ3v) is 2.97. The second kappa shape index (κ2) is 5.98. The highest BCUT2D eigenvalue weighted by Crippen LogP contribution is 2.30. The Bertz CT molecular complexity index is 381. The van der Waals surface area contributed by atoms with Gasteiger partial charge in [0.05, 0.1) is 0 Å². The molecule has 0 aromatic carbocycles. The van der Waals surface area contributed by atoms with Gasteiger partial charge in [0.25, 0.3) is 0 Å². The van der Waals surface area contributed by atoms with Crippen molar-refractivity contribution < 1.29 is 4.79 Å². The molecule has 0 saturated heterocycles. The molecular formula is C9H15N7O. The fourth-order valence-electron chi connectivity index (χ4n) is 2.11. The molecule has 0 unspecified atom stereocenters. The van der Waals surface area contributed by atoms with Gasteiger partial charge in [0.1, 0.15) is 0 Å². The lowest BCUT2D eigenvalue weighted by Crippen LogP contribution is -2.38. The van der Waals surface area contributed by atoms with E-state index in [1.807, 2.05) is 0 Å². The van der Waals surface area contributed by atoms with Crippen LogP contribution in [-0.2, 0) is 4.79 Å². The van der Waals surface area contributed by atoms with E-state index in [1.165, 1.54) is 4.90 Å². The molecule has 1 rings (SSSR count). The summed E-state index contributed by atoms with van der Waals surface area (Å²) in [5, 5.41) is 7.23. The van der Waals surface area contributed by atoms with Crippen molar-refractivity contribution in [2.45, 2.75) is 31.3 Å². The van der Waals surface area contributed by atoms with Gasteiger partial charge in [-0.1, -0.05) is 10.2 Å². The average Bonchev–Trinajstić information content (AvgIpc) is 2.31. The fraction of sp³-hybridized carbons (Fsp3) is 0.889. The van der Waals surface area contributed by atoms with E-state index in [1.54, 1.807) is 14.1 Å². The molecule has 92 valence electrons. The smallest absolute Gasteiger partial charge is 0.225 e. The van der Waals surface area contributed by atoms with E-state index in [4.69, 9.17) is 11.1 Å². The average molecular weight is 237 g/mol. The molecular weight excluding hydrogens is 222 g/mol. The molecule has 1 amide bonds. The first-order chi connectivity index (χ1) is 8.10. The SMILES string of the molecule is CN(C)C(=O)[C@H]1CC[C@H](N=[N+]=[N-])[C@H](N=[N+]=[N-])C1. The van der Waals surface area contributed by atoms with Crippen LogP contribution in [0.3, 0.4) is 0 Å². The molecule has 0 radical (unpaired) electrons. The highest BCUT2D eigenvalue weighted by atomic mass is 16.2. The summed E-state index contributed by atoms with van der Waals surface area (Å²) in [4.78, 5) is 18.8. The molecule has 17 heavy (non-hydrogen) atoms. The zero-order chi connectivity index (χ0) is 12.8. The first kappa shape index (κ1) is 13.2. The normalized spacial score (nSPS) is 27.5. The van der Waals surface area contributed by atoms with E-state index in [0.29, 0.717) is 19.3 Å². The van der Waals surface area contributed by atoms with Gasteiger partial charge in [0, 0.05) is 41.9 Å². The van der Waals surface area contributed by atoms with Crippen molar-refractivity contribution in [3.8, 4) is 0 Å². The Labute approximate surface area is 98.8 Å². The Balaban J connectivity index is 2.78. The molecule has 1 saturated carbocycles. The van der Waals surface area contributed by atoms with Crippen LogP contribution in [0.15, 0.2) is 10.2 Å². The topological polar surface area (TPSA) is 118 Å². The van der Waals surface area contributed by atoms with Gasteiger partial charge < -0.3 is 4.90 Å². The molecule has 0 aromatic rings. The van der Waals surface area contributed by atoms with Gasteiger partial charge in [0.15, 0.2) is 0 Å². The summed E-state index contributed by atoms with van der Waals surface area (Å²) in [6, 6.07) is -0.749. The number of hydrogen-bond acceptors (Lipinski definition) is 3. The maximum absolute atomic E-state index is 11.8. The van der Waals surface area contributed by atoms with E-state index < -0.39 is 6.04 Å². The second-order valence-electron chi connectivity index (χ2n) is 4.29. The predicted molar refractivity (Wildman–Crippen MR) is 61.9 cm³/mol. The Morgan fingerprint density at radius 2 is 1.76 bits per heavy atom. The maximum atomic E-state index is 11.8. The van der Waals surface area contributed by atoms with Gasteiger partial charge in [-0.3, -0.25) is 4.79 Å². The Morgan fingerprint density at radius 1 is 1.18 bits per heavy atom. The molecule has 0 spiro atoms. The molecule has 3 atom stereocenters. The molecule has 0 aliphatic heterocycles. The number of nitrogens with zero attached hydrogens (tertiary/aromatic N) is 7. The highest BCUT2D eigenvalue weighted by molar-refractivity contribution is 5.78. The van der Waals surface area contributed by atoms with Crippen LogP contribution in [0, 0.1) is 5.92 Å². The number of carbonyl (C=O) groups excluding carboxylic acids is 1. The van der Waals surface area contributed by atoms with Crippen molar-refractivity contribution in [2.75, 3.05) is 14.1 Å². The summed E-state index contributed by atoms with van der Waals surface area (Å²) in [6.07, 6.45) is 1.70. The third-order valence-electron chi connectivity index (χ3n) is 2.97. The molecule has 0 heterocycles. The lowest BCUT2D eigenvalue weighted by Gasteiger charge is -2.31. The molecule has 0 aromatic heterocycles. The number of hydrogen-bond donors (Lipinski definition) is 0. The van der Waals surface area contributed by atoms with Crippen LogP contribution in [0.5, 0.6) is 0 Å². The van der Waals surface area contributed by atoms with Crippen molar-refractivity contribution in [2.24, 2.45) is 16.1 Å². The maximum Gasteiger partial charge on any atom is 0.225 e. The van der Waals surface area contributed by atoms with Crippen LogP contribution in [0.25, 0.3) is 20.9 Å².